The van der Waals surface area contributed by atoms with Gasteiger partial charge in [0.15, 0.2) is 17.3 Å². The van der Waals surface area contributed by atoms with Gasteiger partial charge in [-0.05, 0) is 50.2 Å². The van der Waals surface area contributed by atoms with Crippen LogP contribution in [0.15, 0.2) is 57.8 Å². The first-order valence-electron chi connectivity index (χ1n) is 12.2. The minimum Gasteiger partial charge on any atom is -0.369 e. The lowest BCUT2D eigenvalue weighted by atomic mass is 10.2. The quantitative estimate of drug-likeness (QED) is 0.397. The van der Waals surface area contributed by atoms with Gasteiger partial charge in [0.1, 0.15) is 5.39 Å². The molecule has 0 bridgehead atoms. The van der Waals surface area contributed by atoms with Gasteiger partial charge in [-0.2, -0.15) is 9.35 Å². The summed E-state index contributed by atoms with van der Waals surface area (Å²) >= 11 is 0. The predicted octanol–water partition coefficient (Wildman–Crippen LogP) is 3.07. The molecule has 0 aliphatic carbocycles. The number of hydrogen-bond acceptors (Lipinski definition) is 9. The Morgan fingerprint density at radius 3 is 2.46 bits per heavy atom. The van der Waals surface area contributed by atoms with Gasteiger partial charge in [-0.25, -0.2) is 23.5 Å². The molecular formula is C25H31N9O2S. The summed E-state index contributed by atoms with van der Waals surface area (Å²) in [5.41, 5.74) is 2.23. The highest BCUT2D eigenvalue weighted by Crippen LogP contribution is 2.23. The molecule has 1 aliphatic heterocycles. The Hall–Kier alpha value is -3.77. The number of nitrogens with zero attached hydrogens (tertiary/aromatic N) is 7. The molecule has 0 radical (unpaired) electrons. The maximum atomic E-state index is 13.3. The van der Waals surface area contributed by atoms with Gasteiger partial charge in [-0.1, -0.05) is 6.07 Å². The standard InChI is InChI=1S/C25H31N9O2S/c1-17(2)33-24(35)20-16-27-25(28-18-8-10-19(11-9-18)32-14-12-26-13-15-32)30-23(20)34(33)22-7-5-6-21(29-22)31-37(3,4)36/h5-11,16-17,26H,12-15H2,1-4H3,(H,27,28,30). The van der Waals surface area contributed by atoms with Crippen molar-refractivity contribution in [3.05, 3.63) is 59.0 Å². The summed E-state index contributed by atoms with van der Waals surface area (Å²) in [7, 11) is -2.40. The third-order valence-corrected chi connectivity index (χ3v) is 6.59. The summed E-state index contributed by atoms with van der Waals surface area (Å²) in [4.78, 5) is 29.3. The van der Waals surface area contributed by atoms with Crippen LogP contribution in [0, 0.1) is 0 Å². The molecule has 4 heterocycles. The molecular weight excluding hydrogens is 490 g/mol. The average Bonchev–Trinajstić information content (AvgIpc) is 3.16. The zero-order valence-corrected chi connectivity index (χ0v) is 22.2. The molecule has 37 heavy (non-hydrogen) atoms. The highest BCUT2D eigenvalue weighted by atomic mass is 32.2. The van der Waals surface area contributed by atoms with Crippen LogP contribution in [-0.2, 0) is 9.73 Å². The zero-order valence-electron chi connectivity index (χ0n) is 21.4. The van der Waals surface area contributed by atoms with E-state index in [9.17, 15) is 9.00 Å². The van der Waals surface area contributed by atoms with E-state index in [1.54, 1.807) is 40.1 Å². The maximum absolute atomic E-state index is 13.3. The second-order valence-electron chi connectivity index (χ2n) is 9.52. The van der Waals surface area contributed by atoms with E-state index in [2.05, 4.69) is 42.0 Å². The Balaban J connectivity index is 1.54. The Morgan fingerprint density at radius 2 is 1.78 bits per heavy atom. The Bertz CT molecular complexity index is 1600. The summed E-state index contributed by atoms with van der Waals surface area (Å²) in [5.74, 6) is 1.15. The number of pyridine rings is 1. The van der Waals surface area contributed by atoms with Gasteiger partial charge >= 0.3 is 0 Å². The van der Waals surface area contributed by atoms with Crippen LogP contribution in [0.1, 0.15) is 19.9 Å². The SMILES string of the molecule is CC(C)n1c(=O)c2cnc(Nc3ccc(N4CCNCC4)cc3)nc2n1-c1cccc(N=S(C)(C)=O)n1. The summed E-state index contributed by atoms with van der Waals surface area (Å²) in [6.07, 6.45) is 4.65. The number of anilines is 3. The van der Waals surface area contributed by atoms with E-state index in [1.807, 2.05) is 26.0 Å². The Kier molecular flexibility index (Phi) is 6.69. The lowest BCUT2D eigenvalue weighted by Crippen LogP contribution is -2.43. The van der Waals surface area contributed by atoms with Gasteiger partial charge in [-0.3, -0.25) is 4.79 Å². The second-order valence-corrected chi connectivity index (χ2v) is 12.1. The van der Waals surface area contributed by atoms with Gasteiger partial charge in [0.2, 0.25) is 5.95 Å². The lowest BCUT2D eigenvalue weighted by Gasteiger charge is -2.29. The minimum absolute atomic E-state index is 0.167. The van der Waals surface area contributed by atoms with E-state index < -0.39 is 9.73 Å². The number of aromatic nitrogens is 5. The van der Waals surface area contributed by atoms with E-state index in [4.69, 9.17) is 4.98 Å². The largest absolute Gasteiger partial charge is 0.369 e. The van der Waals surface area contributed by atoms with Gasteiger partial charge in [0, 0.05) is 72.0 Å². The molecule has 0 unspecified atom stereocenters. The van der Waals surface area contributed by atoms with Crippen LogP contribution in [0.4, 0.5) is 23.1 Å². The monoisotopic (exact) mass is 521 g/mol. The van der Waals surface area contributed by atoms with Crippen LogP contribution in [-0.4, -0.2) is 67.2 Å². The summed E-state index contributed by atoms with van der Waals surface area (Å²) in [6.45, 7) is 7.76. The predicted molar refractivity (Wildman–Crippen MR) is 148 cm³/mol. The topological polar surface area (TPSA) is 122 Å². The van der Waals surface area contributed by atoms with Crippen molar-refractivity contribution in [1.82, 2.24) is 29.6 Å². The molecule has 0 atom stereocenters. The van der Waals surface area contributed by atoms with E-state index in [1.165, 1.54) is 11.9 Å². The number of piperazine rings is 1. The fourth-order valence-electron chi connectivity index (χ4n) is 4.36. The van der Waals surface area contributed by atoms with Crippen LogP contribution in [0.2, 0.25) is 0 Å². The molecule has 0 saturated carbocycles. The zero-order chi connectivity index (χ0) is 26.2. The molecule has 0 amide bonds. The van der Waals surface area contributed by atoms with Crippen LogP contribution in [0.25, 0.3) is 16.9 Å². The fraction of sp³-hybridized carbons (Fsp3) is 0.360. The van der Waals surface area contributed by atoms with Crippen molar-refractivity contribution in [2.75, 3.05) is 48.9 Å². The highest BCUT2D eigenvalue weighted by molar-refractivity contribution is 7.92. The van der Waals surface area contributed by atoms with Crippen molar-refractivity contribution in [2.45, 2.75) is 19.9 Å². The molecule has 1 fully saturated rings. The summed E-state index contributed by atoms with van der Waals surface area (Å²) in [5, 5.41) is 7.00. The van der Waals surface area contributed by atoms with Crippen molar-refractivity contribution < 1.29 is 4.21 Å². The normalized spacial score (nSPS) is 14.4. The fourth-order valence-corrected chi connectivity index (χ4v) is 4.91. The molecule has 194 valence electrons. The third-order valence-electron chi connectivity index (χ3n) is 5.97. The molecule has 11 nitrogen and oxygen atoms in total. The summed E-state index contributed by atoms with van der Waals surface area (Å²) < 4.78 is 19.7. The number of nitrogens with one attached hydrogen (secondary N) is 2. The van der Waals surface area contributed by atoms with Crippen molar-refractivity contribution >= 4 is 43.9 Å². The number of fused-ring (bicyclic) bond motifs is 1. The number of rotatable bonds is 6. The first-order valence-corrected chi connectivity index (χ1v) is 14.5. The first-order chi connectivity index (χ1) is 17.7. The molecule has 1 aromatic carbocycles. The van der Waals surface area contributed by atoms with Crippen LogP contribution in [0.5, 0.6) is 0 Å². The van der Waals surface area contributed by atoms with Crippen LogP contribution < -0.4 is 21.1 Å². The van der Waals surface area contributed by atoms with Crippen molar-refractivity contribution in [2.24, 2.45) is 4.36 Å². The highest BCUT2D eigenvalue weighted by Gasteiger charge is 2.20. The summed E-state index contributed by atoms with van der Waals surface area (Å²) in [6, 6.07) is 13.2. The van der Waals surface area contributed by atoms with Gasteiger partial charge in [0.05, 0.1) is 0 Å². The molecule has 0 spiro atoms. The minimum atomic E-state index is -2.40. The average molecular weight is 522 g/mol. The maximum Gasteiger partial charge on any atom is 0.278 e. The second kappa shape index (κ2) is 9.94. The van der Waals surface area contributed by atoms with Crippen molar-refractivity contribution in [3.8, 4) is 5.82 Å². The van der Waals surface area contributed by atoms with E-state index in [0.717, 1.165) is 31.9 Å². The van der Waals surface area contributed by atoms with E-state index in [-0.39, 0.29) is 11.6 Å². The smallest absolute Gasteiger partial charge is 0.278 e. The van der Waals surface area contributed by atoms with Crippen molar-refractivity contribution in [1.29, 1.82) is 0 Å². The lowest BCUT2D eigenvalue weighted by molar-refractivity contribution is 0.472. The van der Waals surface area contributed by atoms with Crippen molar-refractivity contribution in [3.63, 3.8) is 0 Å². The van der Waals surface area contributed by atoms with E-state index in [0.29, 0.717) is 28.6 Å². The molecule has 4 aromatic rings. The molecule has 3 aromatic heterocycles. The molecule has 1 aliphatic rings. The van der Waals surface area contributed by atoms with Gasteiger partial charge < -0.3 is 15.5 Å². The number of benzene rings is 1. The van der Waals surface area contributed by atoms with Gasteiger partial charge in [-0.15, -0.1) is 0 Å². The first kappa shape index (κ1) is 24.9. The molecule has 2 N–H and O–H groups in total. The van der Waals surface area contributed by atoms with E-state index >= 15 is 0 Å². The van der Waals surface area contributed by atoms with Crippen LogP contribution >= 0.6 is 0 Å². The van der Waals surface area contributed by atoms with Gasteiger partial charge in [0.25, 0.3) is 5.56 Å². The molecule has 5 rings (SSSR count). The number of hydrogen-bond donors (Lipinski definition) is 2. The molecule has 1 saturated heterocycles. The third kappa shape index (κ3) is 5.35. The molecule has 12 heteroatoms. The Morgan fingerprint density at radius 1 is 1.05 bits per heavy atom. The van der Waals surface area contributed by atoms with Crippen LogP contribution in [0.3, 0.4) is 0 Å². The Labute approximate surface area is 215 Å².